The zero-order valence-electron chi connectivity index (χ0n) is 15.9. The number of rotatable bonds is 4. The second-order valence-corrected chi connectivity index (χ2v) is 9.33. The van der Waals surface area contributed by atoms with Crippen LogP contribution in [-0.4, -0.2) is 72.5 Å². The fourth-order valence-electron chi connectivity index (χ4n) is 4.07. The van der Waals surface area contributed by atoms with E-state index < -0.39 is 9.84 Å². The number of hydrogen-bond donors (Lipinski definition) is 0. The zero-order valence-corrected chi connectivity index (χ0v) is 16.7. The third-order valence-electron chi connectivity index (χ3n) is 5.57. The van der Waals surface area contributed by atoms with E-state index in [0.717, 1.165) is 13.0 Å². The van der Waals surface area contributed by atoms with Crippen molar-refractivity contribution in [1.82, 2.24) is 15.0 Å². The maximum atomic E-state index is 13.1. The van der Waals surface area contributed by atoms with Crippen molar-refractivity contribution < 1.29 is 17.7 Å². The van der Waals surface area contributed by atoms with Gasteiger partial charge in [-0.1, -0.05) is 23.7 Å². The van der Waals surface area contributed by atoms with Crippen LogP contribution in [-0.2, 0) is 9.84 Å². The van der Waals surface area contributed by atoms with Crippen molar-refractivity contribution in [3.8, 4) is 0 Å². The standard InChI is InChI=1S/C18H27N3O4S/c1-5-14(6-2)9-20-7-8-21(16-11-26(23,24)10-15(16)20)18(22)17-12(3)19-25-13(17)4/h5,15-16H,6-11H2,1-4H3/t15-,16+/m0/s1. The molecule has 0 spiro atoms. The number of aryl methyl sites for hydroxylation is 2. The summed E-state index contributed by atoms with van der Waals surface area (Å²) < 4.78 is 29.8. The summed E-state index contributed by atoms with van der Waals surface area (Å²) in [5.74, 6) is 0.453. The molecule has 2 saturated heterocycles. The van der Waals surface area contributed by atoms with E-state index in [2.05, 4.69) is 23.1 Å². The van der Waals surface area contributed by atoms with Crippen molar-refractivity contribution in [3.05, 3.63) is 28.7 Å². The van der Waals surface area contributed by atoms with E-state index in [4.69, 9.17) is 4.52 Å². The molecule has 3 heterocycles. The summed E-state index contributed by atoms with van der Waals surface area (Å²) in [6.45, 7) is 9.52. The fraction of sp³-hybridized carbons (Fsp3) is 0.667. The average Bonchev–Trinajstić information content (AvgIpc) is 3.09. The zero-order chi connectivity index (χ0) is 19.1. The summed E-state index contributed by atoms with van der Waals surface area (Å²) >= 11 is 0. The maximum absolute atomic E-state index is 13.1. The molecule has 1 aromatic rings. The van der Waals surface area contributed by atoms with E-state index in [9.17, 15) is 13.2 Å². The minimum Gasteiger partial charge on any atom is -0.361 e. The summed E-state index contributed by atoms with van der Waals surface area (Å²) in [5, 5.41) is 3.86. The van der Waals surface area contributed by atoms with Crippen LogP contribution in [0.15, 0.2) is 16.2 Å². The van der Waals surface area contributed by atoms with Gasteiger partial charge in [0.1, 0.15) is 11.3 Å². The van der Waals surface area contributed by atoms with Crippen molar-refractivity contribution in [2.24, 2.45) is 0 Å². The van der Waals surface area contributed by atoms with E-state index in [1.807, 2.05) is 6.92 Å². The highest BCUT2D eigenvalue weighted by Crippen LogP contribution is 2.30. The van der Waals surface area contributed by atoms with Crippen LogP contribution in [0.3, 0.4) is 0 Å². The summed E-state index contributed by atoms with van der Waals surface area (Å²) in [6.07, 6.45) is 3.04. The molecule has 7 nitrogen and oxygen atoms in total. The van der Waals surface area contributed by atoms with Gasteiger partial charge in [-0.3, -0.25) is 9.69 Å². The Hall–Kier alpha value is -1.67. The van der Waals surface area contributed by atoms with E-state index in [-0.39, 0.29) is 29.5 Å². The van der Waals surface area contributed by atoms with Crippen LogP contribution in [0.1, 0.15) is 42.1 Å². The molecule has 2 aliphatic rings. The van der Waals surface area contributed by atoms with Crippen molar-refractivity contribution in [2.75, 3.05) is 31.1 Å². The van der Waals surface area contributed by atoms with Crippen LogP contribution in [0.25, 0.3) is 0 Å². The quantitative estimate of drug-likeness (QED) is 0.736. The molecule has 0 aromatic carbocycles. The first-order chi connectivity index (χ1) is 12.3. The van der Waals surface area contributed by atoms with E-state index in [1.54, 1.807) is 18.7 Å². The second kappa shape index (κ2) is 7.15. The lowest BCUT2D eigenvalue weighted by molar-refractivity contribution is 0.0358. The minimum atomic E-state index is -3.16. The molecule has 144 valence electrons. The molecule has 0 aliphatic carbocycles. The van der Waals surface area contributed by atoms with Crippen molar-refractivity contribution in [3.63, 3.8) is 0 Å². The van der Waals surface area contributed by atoms with Gasteiger partial charge >= 0.3 is 0 Å². The van der Waals surface area contributed by atoms with E-state index >= 15 is 0 Å². The van der Waals surface area contributed by atoms with Crippen LogP contribution in [0.4, 0.5) is 0 Å². The van der Waals surface area contributed by atoms with Crippen LogP contribution < -0.4 is 0 Å². The predicted octanol–water partition coefficient (Wildman–Crippen LogP) is 1.57. The van der Waals surface area contributed by atoms with E-state index in [0.29, 0.717) is 30.1 Å². The molecule has 8 heteroatoms. The molecule has 1 aromatic heterocycles. The third kappa shape index (κ3) is 3.44. The Morgan fingerprint density at radius 3 is 2.54 bits per heavy atom. The lowest BCUT2D eigenvalue weighted by Gasteiger charge is -2.44. The highest BCUT2D eigenvalue weighted by atomic mass is 32.2. The summed E-state index contributed by atoms with van der Waals surface area (Å²) in [6, 6.07) is -0.468. The Kier molecular flexibility index (Phi) is 5.25. The number of amides is 1. The molecule has 2 fully saturated rings. The van der Waals surface area contributed by atoms with Crippen LogP contribution >= 0.6 is 0 Å². The Labute approximate surface area is 154 Å². The molecule has 26 heavy (non-hydrogen) atoms. The van der Waals surface area contributed by atoms with Crippen LogP contribution in [0.5, 0.6) is 0 Å². The van der Waals surface area contributed by atoms with Gasteiger partial charge in [-0.05, 0) is 27.2 Å². The van der Waals surface area contributed by atoms with Gasteiger partial charge in [0.2, 0.25) is 0 Å². The van der Waals surface area contributed by atoms with Gasteiger partial charge in [-0.2, -0.15) is 0 Å². The molecule has 0 unspecified atom stereocenters. The van der Waals surface area contributed by atoms with E-state index in [1.165, 1.54) is 5.57 Å². The van der Waals surface area contributed by atoms with Crippen LogP contribution in [0, 0.1) is 13.8 Å². The first kappa shape index (κ1) is 19.1. The van der Waals surface area contributed by atoms with Crippen molar-refractivity contribution in [2.45, 2.75) is 46.2 Å². The number of fused-ring (bicyclic) bond motifs is 1. The molecule has 0 saturated carbocycles. The molecule has 0 radical (unpaired) electrons. The summed E-state index contributed by atoms with van der Waals surface area (Å²) in [5.41, 5.74) is 2.30. The molecule has 3 rings (SSSR count). The smallest absolute Gasteiger partial charge is 0.259 e. The molecule has 1 amide bonds. The first-order valence-corrected chi connectivity index (χ1v) is 10.9. The Bertz CT molecular complexity index is 808. The van der Waals surface area contributed by atoms with Gasteiger partial charge in [0.25, 0.3) is 5.91 Å². The number of hydrogen-bond acceptors (Lipinski definition) is 6. The predicted molar refractivity (Wildman–Crippen MR) is 98.9 cm³/mol. The van der Waals surface area contributed by atoms with Crippen molar-refractivity contribution in [1.29, 1.82) is 0 Å². The van der Waals surface area contributed by atoms with Gasteiger partial charge in [0.05, 0.1) is 23.2 Å². The topological polar surface area (TPSA) is 83.7 Å². The Balaban J connectivity index is 1.88. The number of piperazine rings is 1. The number of carbonyl (C=O) groups excluding carboxylic acids is 1. The monoisotopic (exact) mass is 381 g/mol. The number of nitrogens with zero attached hydrogens (tertiary/aromatic N) is 3. The Morgan fingerprint density at radius 1 is 1.27 bits per heavy atom. The number of allylic oxidation sites excluding steroid dienone is 1. The van der Waals surface area contributed by atoms with Gasteiger partial charge in [-0.15, -0.1) is 0 Å². The fourth-order valence-corrected chi connectivity index (χ4v) is 6.09. The number of carbonyl (C=O) groups is 1. The van der Waals surface area contributed by atoms with Gasteiger partial charge in [0.15, 0.2) is 9.84 Å². The van der Waals surface area contributed by atoms with Gasteiger partial charge in [-0.25, -0.2) is 8.42 Å². The SMILES string of the molecule is CC=C(CC)CN1CCN(C(=O)c2c(C)noc2C)[C@@H]2CS(=O)(=O)C[C@@H]21. The first-order valence-electron chi connectivity index (χ1n) is 9.09. The normalized spacial score (nSPS) is 26.2. The van der Waals surface area contributed by atoms with Crippen LogP contribution in [0.2, 0.25) is 0 Å². The average molecular weight is 381 g/mol. The highest BCUT2D eigenvalue weighted by molar-refractivity contribution is 7.91. The van der Waals surface area contributed by atoms with Gasteiger partial charge < -0.3 is 9.42 Å². The molecule has 0 bridgehead atoms. The number of sulfone groups is 1. The van der Waals surface area contributed by atoms with Gasteiger partial charge in [0, 0.05) is 25.7 Å². The highest BCUT2D eigenvalue weighted by Gasteiger charge is 2.48. The molecule has 2 atom stereocenters. The number of aromatic nitrogens is 1. The minimum absolute atomic E-state index is 0.0284. The largest absolute Gasteiger partial charge is 0.361 e. The molecular weight excluding hydrogens is 354 g/mol. The summed E-state index contributed by atoms with van der Waals surface area (Å²) in [4.78, 5) is 17.0. The maximum Gasteiger partial charge on any atom is 0.259 e. The second-order valence-electron chi connectivity index (χ2n) is 7.18. The summed E-state index contributed by atoms with van der Waals surface area (Å²) in [7, 11) is -3.16. The molecule has 0 N–H and O–H groups in total. The lowest BCUT2D eigenvalue weighted by Crippen LogP contribution is -2.60. The Morgan fingerprint density at radius 2 is 1.96 bits per heavy atom. The van der Waals surface area contributed by atoms with Crippen molar-refractivity contribution >= 4 is 15.7 Å². The lowest BCUT2D eigenvalue weighted by atomic mass is 10.0. The molecular formula is C18H27N3O4S. The molecule has 2 aliphatic heterocycles. The third-order valence-corrected chi connectivity index (χ3v) is 7.27.